The van der Waals surface area contributed by atoms with E-state index < -0.39 is 0 Å². The summed E-state index contributed by atoms with van der Waals surface area (Å²) >= 11 is 0. The van der Waals surface area contributed by atoms with Gasteiger partial charge in [-0.25, -0.2) is 0 Å². The van der Waals surface area contributed by atoms with E-state index in [1.807, 2.05) is 20.8 Å². The van der Waals surface area contributed by atoms with E-state index in [0.29, 0.717) is 11.7 Å². The molecule has 1 saturated heterocycles. The molecule has 0 N–H and O–H groups in total. The van der Waals surface area contributed by atoms with Crippen molar-refractivity contribution < 1.29 is 4.79 Å². The van der Waals surface area contributed by atoms with E-state index in [9.17, 15) is 4.79 Å². The van der Waals surface area contributed by atoms with Gasteiger partial charge in [0.25, 0.3) is 0 Å². The van der Waals surface area contributed by atoms with Crippen LogP contribution in [0, 0.1) is 17.3 Å². The van der Waals surface area contributed by atoms with Crippen molar-refractivity contribution in [1.29, 1.82) is 0 Å². The summed E-state index contributed by atoms with van der Waals surface area (Å²) in [6.07, 6.45) is 3.20. The number of ketones is 1. The van der Waals surface area contributed by atoms with Crippen molar-refractivity contribution >= 4 is 5.78 Å². The van der Waals surface area contributed by atoms with E-state index in [0.717, 1.165) is 12.3 Å². The molecule has 1 rings (SSSR count). The molecule has 1 fully saturated rings. The maximum atomic E-state index is 12.0. The first kappa shape index (κ1) is 14.7. The summed E-state index contributed by atoms with van der Waals surface area (Å²) < 4.78 is 0. The van der Waals surface area contributed by atoms with Crippen LogP contribution in [0.1, 0.15) is 53.9 Å². The third kappa shape index (κ3) is 5.20. The van der Waals surface area contributed by atoms with Crippen LogP contribution in [0.2, 0.25) is 0 Å². The Morgan fingerprint density at radius 1 is 1.24 bits per heavy atom. The van der Waals surface area contributed by atoms with Crippen molar-refractivity contribution in [2.75, 3.05) is 19.6 Å². The maximum Gasteiger partial charge on any atom is 0.138 e. The van der Waals surface area contributed by atoms with Gasteiger partial charge in [0.1, 0.15) is 5.78 Å². The molecule has 0 amide bonds. The Kier molecular flexibility index (Phi) is 5.18. The lowest BCUT2D eigenvalue weighted by Gasteiger charge is -2.33. The summed E-state index contributed by atoms with van der Waals surface area (Å²) in [5.74, 6) is 1.81. The SMILES string of the molecule is CC(C)CN1CCC(CC(=O)C(C)(C)C)CC1. The average molecular weight is 239 g/mol. The standard InChI is InChI=1S/C15H29NO/c1-12(2)11-16-8-6-13(7-9-16)10-14(17)15(3,4)5/h12-13H,6-11H2,1-5H3. The van der Waals surface area contributed by atoms with Crippen LogP contribution in [0.25, 0.3) is 0 Å². The second-order valence-electron chi connectivity index (χ2n) is 7.02. The normalized spacial score (nSPS) is 19.9. The molecule has 2 nitrogen and oxygen atoms in total. The summed E-state index contributed by atoms with van der Waals surface area (Å²) in [5, 5.41) is 0. The molecular formula is C15H29NO. The van der Waals surface area contributed by atoms with Gasteiger partial charge in [-0.15, -0.1) is 0 Å². The average Bonchev–Trinajstić information content (AvgIpc) is 2.18. The van der Waals surface area contributed by atoms with Gasteiger partial charge in [0.15, 0.2) is 0 Å². The molecule has 0 saturated carbocycles. The van der Waals surface area contributed by atoms with E-state index in [1.54, 1.807) is 0 Å². The zero-order chi connectivity index (χ0) is 13.1. The molecule has 17 heavy (non-hydrogen) atoms. The van der Waals surface area contributed by atoms with E-state index in [-0.39, 0.29) is 5.41 Å². The van der Waals surface area contributed by atoms with Crippen molar-refractivity contribution in [1.82, 2.24) is 4.90 Å². The van der Waals surface area contributed by atoms with E-state index in [1.165, 1.54) is 32.5 Å². The van der Waals surface area contributed by atoms with Gasteiger partial charge in [0.05, 0.1) is 0 Å². The predicted octanol–water partition coefficient (Wildman–Crippen LogP) is 3.36. The summed E-state index contributed by atoms with van der Waals surface area (Å²) in [7, 11) is 0. The highest BCUT2D eigenvalue weighted by Crippen LogP contribution is 2.26. The van der Waals surface area contributed by atoms with Crippen molar-refractivity contribution in [3.8, 4) is 0 Å². The molecular weight excluding hydrogens is 210 g/mol. The van der Waals surface area contributed by atoms with Gasteiger partial charge in [0, 0.05) is 18.4 Å². The fraction of sp³-hybridized carbons (Fsp3) is 0.933. The van der Waals surface area contributed by atoms with Gasteiger partial charge >= 0.3 is 0 Å². The van der Waals surface area contributed by atoms with Crippen LogP contribution in [-0.4, -0.2) is 30.3 Å². The molecule has 1 aliphatic rings. The molecule has 2 heteroatoms. The smallest absolute Gasteiger partial charge is 0.138 e. The minimum atomic E-state index is -0.158. The molecule has 0 bridgehead atoms. The lowest BCUT2D eigenvalue weighted by atomic mass is 9.82. The third-order valence-electron chi connectivity index (χ3n) is 3.64. The topological polar surface area (TPSA) is 20.3 Å². The Balaban J connectivity index is 2.30. The number of hydrogen-bond donors (Lipinski definition) is 0. The molecule has 0 aromatic carbocycles. The highest BCUT2D eigenvalue weighted by Gasteiger charge is 2.27. The Labute approximate surface area is 107 Å². The Morgan fingerprint density at radius 3 is 2.18 bits per heavy atom. The van der Waals surface area contributed by atoms with Crippen LogP contribution in [0.3, 0.4) is 0 Å². The molecule has 1 aliphatic heterocycles. The molecule has 0 aromatic heterocycles. The minimum Gasteiger partial charge on any atom is -0.303 e. The van der Waals surface area contributed by atoms with E-state index in [4.69, 9.17) is 0 Å². The van der Waals surface area contributed by atoms with E-state index >= 15 is 0 Å². The Morgan fingerprint density at radius 2 is 1.76 bits per heavy atom. The fourth-order valence-electron chi connectivity index (χ4n) is 2.46. The van der Waals surface area contributed by atoms with Crippen LogP contribution < -0.4 is 0 Å². The lowest BCUT2D eigenvalue weighted by molar-refractivity contribution is -0.127. The maximum absolute atomic E-state index is 12.0. The van der Waals surface area contributed by atoms with Crippen molar-refractivity contribution in [2.45, 2.75) is 53.9 Å². The molecule has 100 valence electrons. The van der Waals surface area contributed by atoms with Gasteiger partial charge in [-0.2, -0.15) is 0 Å². The fourth-order valence-corrected chi connectivity index (χ4v) is 2.46. The predicted molar refractivity (Wildman–Crippen MR) is 73.1 cm³/mol. The van der Waals surface area contributed by atoms with Gasteiger partial charge in [-0.05, 0) is 37.8 Å². The number of hydrogen-bond acceptors (Lipinski definition) is 2. The van der Waals surface area contributed by atoms with Crippen LogP contribution >= 0.6 is 0 Å². The van der Waals surface area contributed by atoms with Gasteiger partial charge in [-0.3, -0.25) is 4.79 Å². The highest BCUT2D eigenvalue weighted by molar-refractivity contribution is 5.83. The van der Waals surface area contributed by atoms with Crippen molar-refractivity contribution in [3.05, 3.63) is 0 Å². The van der Waals surface area contributed by atoms with Crippen LogP contribution in [0.5, 0.6) is 0 Å². The lowest BCUT2D eigenvalue weighted by Crippen LogP contribution is -2.37. The quantitative estimate of drug-likeness (QED) is 0.750. The number of nitrogens with zero attached hydrogens (tertiary/aromatic N) is 1. The van der Waals surface area contributed by atoms with Crippen molar-refractivity contribution in [3.63, 3.8) is 0 Å². The Hall–Kier alpha value is -0.370. The van der Waals surface area contributed by atoms with E-state index in [2.05, 4.69) is 18.7 Å². The van der Waals surface area contributed by atoms with Crippen LogP contribution in [-0.2, 0) is 4.79 Å². The van der Waals surface area contributed by atoms with Gasteiger partial charge in [0.2, 0.25) is 0 Å². The number of rotatable bonds is 4. The summed E-state index contributed by atoms with van der Waals surface area (Å²) in [4.78, 5) is 14.5. The van der Waals surface area contributed by atoms with Crippen molar-refractivity contribution in [2.24, 2.45) is 17.3 Å². The molecule has 0 unspecified atom stereocenters. The minimum absolute atomic E-state index is 0.158. The van der Waals surface area contributed by atoms with Gasteiger partial charge < -0.3 is 4.90 Å². The third-order valence-corrected chi connectivity index (χ3v) is 3.64. The number of piperidine rings is 1. The largest absolute Gasteiger partial charge is 0.303 e. The monoisotopic (exact) mass is 239 g/mol. The van der Waals surface area contributed by atoms with Gasteiger partial charge in [-0.1, -0.05) is 34.6 Å². The zero-order valence-corrected chi connectivity index (χ0v) is 12.3. The summed E-state index contributed by atoms with van der Waals surface area (Å²) in [6.45, 7) is 14.2. The first-order valence-corrected chi connectivity index (χ1v) is 7.04. The molecule has 0 spiro atoms. The molecule has 0 aliphatic carbocycles. The summed E-state index contributed by atoms with van der Waals surface area (Å²) in [6, 6.07) is 0. The molecule has 0 radical (unpaired) electrons. The zero-order valence-electron chi connectivity index (χ0n) is 12.3. The molecule has 0 aromatic rings. The Bertz CT molecular complexity index is 244. The number of likely N-dealkylation sites (tertiary alicyclic amines) is 1. The first-order chi connectivity index (χ1) is 7.79. The molecule has 1 heterocycles. The number of carbonyl (C=O) groups is 1. The van der Waals surface area contributed by atoms with Crippen LogP contribution in [0.4, 0.5) is 0 Å². The first-order valence-electron chi connectivity index (χ1n) is 7.04. The number of carbonyl (C=O) groups excluding carboxylic acids is 1. The second kappa shape index (κ2) is 5.99. The second-order valence-corrected chi connectivity index (χ2v) is 7.02. The number of Topliss-reactive ketones (excluding diaryl/α,β-unsaturated/α-hetero) is 1. The highest BCUT2D eigenvalue weighted by atomic mass is 16.1. The van der Waals surface area contributed by atoms with Crippen LogP contribution in [0.15, 0.2) is 0 Å². The summed E-state index contributed by atoms with van der Waals surface area (Å²) in [5.41, 5.74) is -0.158. The molecule has 0 atom stereocenters.